The van der Waals surface area contributed by atoms with Gasteiger partial charge in [-0.15, -0.1) is 0 Å². The summed E-state index contributed by atoms with van der Waals surface area (Å²) in [5.41, 5.74) is -0.958. The maximum Gasteiger partial charge on any atom is 0.421 e. The van der Waals surface area contributed by atoms with Crippen LogP contribution in [-0.2, 0) is 14.9 Å². The lowest BCUT2D eigenvalue weighted by atomic mass is 9.96. The minimum absolute atomic E-state index is 0.345. The summed E-state index contributed by atoms with van der Waals surface area (Å²) in [6, 6.07) is 0. The van der Waals surface area contributed by atoms with Crippen LogP contribution in [0.3, 0.4) is 0 Å². The molecule has 0 radical (unpaired) electrons. The second kappa shape index (κ2) is 6.02. The zero-order valence-corrected chi connectivity index (χ0v) is 10.4. The zero-order valence-electron chi connectivity index (χ0n) is 9.61. The third kappa shape index (κ3) is 4.33. The Hall–Kier alpha value is -0.860. The number of hydrogen-bond donors (Lipinski definition) is 3. The molecule has 0 saturated carbocycles. The molecule has 16 heavy (non-hydrogen) atoms. The molecule has 0 aliphatic rings. The summed E-state index contributed by atoms with van der Waals surface area (Å²) in [6.07, 6.45) is -0.268. The van der Waals surface area contributed by atoms with E-state index in [0.29, 0.717) is 12.8 Å². The Morgan fingerprint density at radius 2 is 1.88 bits per heavy atom. The van der Waals surface area contributed by atoms with E-state index in [9.17, 15) is 13.2 Å². The number of amides is 1. The third-order valence-corrected chi connectivity index (χ3v) is 3.55. The first-order chi connectivity index (χ1) is 7.34. The van der Waals surface area contributed by atoms with E-state index in [4.69, 9.17) is 5.11 Å². The second-order valence-electron chi connectivity index (χ2n) is 3.34. The Bertz CT molecular complexity index is 315. The van der Waals surface area contributed by atoms with Gasteiger partial charge >= 0.3 is 16.3 Å². The van der Waals surface area contributed by atoms with Gasteiger partial charge in [-0.25, -0.2) is 9.52 Å². The van der Waals surface area contributed by atoms with Crippen molar-refractivity contribution in [1.82, 2.24) is 9.44 Å². The van der Waals surface area contributed by atoms with Crippen LogP contribution in [-0.4, -0.2) is 38.9 Å². The maximum absolute atomic E-state index is 11.5. The average Bonchev–Trinajstić information content (AvgIpc) is 2.25. The number of rotatable bonds is 6. The van der Waals surface area contributed by atoms with E-state index in [1.165, 1.54) is 0 Å². The summed E-state index contributed by atoms with van der Waals surface area (Å²) in [6.45, 7) is 3.13. The van der Waals surface area contributed by atoms with E-state index in [-0.39, 0.29) is 6.61 Å². The molecule has 0 rings (SSSR count). The van der Waals surface area contributed by atoms with Crippen molar-refractivity contribution in [2.45, 2.75) is 32.2 Å². The van der Waals surface area contributed by atoms with Crippen LogP contribution in [0.2, 0.25) is 0 Å². The molecule has 0 aromatic heterocycles. The first kappa shape index (κ1) is 15.1. The SMILES string of the molecule is CCC(CC)(CO)NS(=O)(=O)NC(=O)OC. The molecular formula is C8H18N2O5S. The van der Waals surface area contributed by atoms with Crippen molar-refractivity contribution in [2.75, 3.05) is 13.7 Å². The monoisotopic (exact) mass is 254 g/mol. The van der Waals surface area contributed by atoms with Gasteiger partial charge in [0.1, 0.15) is 0 Å². The minimum Gasteiger partial charge on any atom is -0.452 e. The Balaban J connectivity index is 4.73. The van der Waals surface area contributed by atoms with Crippen LogP contribution in [0.15, 0.2) is 0 Å². The third-order valence-electron chi connectivity index (χ3n) is 2.41. The van der Waals surface area contributed by atoms with Gasteiger partial charge in [0.05, 0.1) is 19.3 Å². The van der Waals surface area contributed by atoms with Crippen molar-refractivity contribution in [3.63, 3.8) is 0 Å². The van der Waals surface area contributed by atoms with Crippen LogP contribution in [0.25, 0.3) is 0 Å². The standard InChI is InChI=1S/C8H18N2O5S/c1-4-8(5-2,6-11)10-16(13,14)9-7(12)15-3/h10-11H,4-6H2,1-3H3,(H,9,12). The number of ether oxygens (including phenoxy) is 1. The summed E-state index contributed by atoms with van der Waals surface area (Å²) >= 11 is 0. The van der Waals surface area contributed by atoms with Crippen LogP contribution >= 0.6 is 0 Å². The molecule has 3 N–H and O–H groups in total. The van der Waals surface area contributed by atoms with Gasteiger partial charge in [0, 0.05) is 0 Å². The molecule has 0 spiro atoms. The van der Waals surface area contributed by atoms with Gasteiger partial charge in [-0.2, -0.15) is 13.1 Å². The maximum atomic E-state index is 11.5. The van der Waals surface area contributed by atoms with Crippen LogP contribution in [0, 0.1) is 0 Å². The first-order valence-corrected chi connectivity index (χ1v) is 6.33. The molecule has 1 amide bonds. The van der Waals surface area contributed by atoms with Gasteiger partial charge in [0.15, 0.2) is 0 Å². The number of hydrogen-bond acceptors (Lipinski definition) is 5. The summed E-state index contributed by atoms with van der Waals surface area (Å²) in [5, 5.41) is 9.16. The number of methoxy groups -OCH3 is 1. The fourth-order valence-corrected chi connectivity index (χ4v) is 2.39. The van der Waals surface area contributed by atoms with Crippen molar-refractivity contribution in [3.8, 4) is 0 Å². The molecule has 0 aliphatic heterocycles. The number of nitrogens with one attached hydrogen (secondary N) is 2. The summed E-state index contributed by atoms with van der Waals surface area (Å²) < 4.78 is 31.0. The van der Waals surface area contributed by atoms with E-state index in [1.54, 1.807) is 18.6 Å². The number of aliphatic hydroxyl groups is 1. The number of carbonyl (C=O) groups is 1. The predicted molar refractivity (Wildman–Crippen MR) is 58.0 cm³/mol. The molecule has 0 saturated heterocycles. The molecule has 0 atom stereocenters. The molecular weight excluding hydrogens is 236 g/mol. The van der Waals surface area contributed by atoms with Gasteiger partial charge < -0.3 is 9.84 Å². The average molecular weight is 254 g/mol. The summed E-state index contributed by atoms with van der Waals surface area (Å²) in [5.74, 6) is 0. The van der Waals surface area contributed by atoms with Gasteiger partial charge in [0.25, 0.3) is 0 Å². The topological polar surface area (TPSA) is 105 Å². The van der Waals surface area contributed by atoms with E-state index in [0.717, 1.165) is 7.11 Å². The predicted octanol–water partition coefficient (Wildman–Crippen LogP) is -0.272. The lowest BCUT2D eigenvalue weighted by Gasteiger charge is -2.29. The van der Waals surface area contributed by atoms with Gasteiger partial charge in [-0.05, 0) is 12.8 Å². The van der Waals surface area contributed by atoms with E-state index >= 15 is 0 Å². The highest BCUT2D eigenvalue weighted by atomic mass is 32.2. The molecule has 7 nitrogen and oxygen atoms in total. The van der Waals surface area contributed by atoms with Gasteiger partial charge in [-0.1, -0.05) is 13.8 Å². The molecule has 8 heteroatoms. The largest absolute Gasteiger partial charge is 0.452 e. The highest BCUT2D eigenvalue weighted by molar-refractivity contribution is 7.88. The van der Waals surface area contributed by atoms with Crippen molar-refractivity contribution < 1.29 is 23.1 Å². The smallest absolute Gasteiger partial charge is 0.421 e. The Kier molecular flexibility index (Phi) is 5.70. The normalized spacial score (nSPS) is 12.2. The van der Waals surface area contributed by atoms with Crippen molar-refractivity contribution in [1.29, 1.82) is 0 Å². The molecule has 0 bridgehead atoms. The summed E-state index contributed by atoms with van der Waals surface area (Å²) in [7, 11) is -2.96. The van der Waals surface area contributed by atoms with Crippen molar-refractivity contribution >= 4 is 16.3 Å². The Morgan fingerprint density at radius 3 is 2.19 bits per heavy atom. The van der Waals surface area contributed by atoms with Crippen LogP contribution in [0.1, 0.15) is 26.7 Å². The quantitative estimate of drug-likeness (QED) is 0.605. The Morgan fingerprint density at radius 1 is 1.38 bits per heavy atom. The molecule has 0 unspecified atom stereocenters. The molecule has 0 aromatic rings. The van der Waals surface area contributed by atoms with Crippen LogP contribution in [0.4, 0.5) is 4.79 Å². The lowest BCUT2D eigenvalue weighted by molar-refractivity contribution is 0.168. The molecule has 0 aromatic carbocycles. The highest BCUT2D eigenvalue weighted by Gasteiger charge is 2.31. The van der Waals surface area contributed by atoms with Crippen LogP contribution < -0.4 is 9.44 Å². The number of carbonyl (C=O) groups excluding carboxylic acids is 1. The van der Waals surface area contributed by atoms with E-state index in [2.05, 4.69) is 9.46 Å². The van der Waals surface area contributed by atoms with Gasteiger partial charge in [0.2, 0.25) is 0 Å². The zero-order chi connectivity index (χ0) is 12.8. The molecule has 0 fully saturated rings. The fourth-order valence-electron chi connectivity index (χ4n) is 1.11. The molecule has 96 valence electrons. The van der Waals surface area contributed by atoms with Crippen molar-refractivity contribution in [3.05, 3.63) is 0 Å². The molecule has 0 heterocycles. The lowest BCUT2D eigenvalue weighted by Crippen LogP contribution is -2.54. The first-order valence-electron chi connectivity index (χ1n) is 4.85. The second-order valence-corrected chi connectivity index (χ2v) is 4.76. The minimum atomic E-state index is -4.02. The Labute approximate surface area is 95.4 Å². The van der Waals surface area contributed by atoms with E-state index < -0.39 is 21.8 Å². The van der Waals surface area contributed by atoms with Crippen molar-refractivity contribution in [2.24, 2.45) is 0 Å². The van der Waals surface area contributed by atoms with Crippen LogP contribution in [0.5, 0.6) is 0 Å². The fraction of sp³-hybridized carbons (Fsp3) is 0.875. The van der Waals surface area contributed by atoms with Gasteiger partial charge in [-0.3, -0.25) is 0 Å². The molecule has 0 aliphatic carbocycles. The summed E-state index contributed by atoms with van der Waals surface area (Å²) in [4.78, 5) is 10.8. The highest BCUT2D eigenvalue weighted by Crippen LogP contribution is 2.14. The van der Waals surface area contributed by atoms with E-state index in [1.807, 2.05) is 0 Å². The number of aliphatic hydroxyl groups excluding tert-OH is 1.